The summed E-state index contributed by atoms with van der Waals surface area (Å²) in [7, 11) is 0. The fraction of sp³-hybridized carbons (Fsp3) is 0.286. The zero-order valence-corrected chi connectivity index (χ0v) is 20.4. The van der Waals surface area contributed by atoms with Crippen molar-refractivity contribution in [3.05, 3.63) is 78.4 Å². The SMILES string of the molecule is Nc1ncnn2c(C3CCN(C(=O)C4CNC4)C3)cc(-c3ccc4cn(Cc5ccccc5)nc4c3)c12. The molecule has 3 N–H and O–H groups in total. The first-order chi connectivity index (χ1) is 18.1. The number of nitrogens with one attached hydrogen (secondary N) is 1. The Labute approximate surface area is 213 Å². The first-order valence-electron chi connectivity index (χ1n) is 12.8. The average Bonchev–Trinajstić information content (AvgIpc) is 3.60. The monoisotopic (exact) mass is 492 g/mol. The van der Waals surface area contributed by atoms with Crippen LogP contribution in [0.25, 0.3) is 27.5 Å². The summed E-state index contributed by atoms with van der Waals surface area (Å²) in [6.07, 6.45) is 4.49. The molecule has 0 aliphatic carbocycles. The molecule has 0 spiro atoms. The predicted octanol–water partition coefficient (Wildman–Crippen LogP) is 2.91. The maximum Gasteiger partial charge on any atom is 0.228 e. The zero-order valence-electron chi connectivity index (χ0n) is 20.4. The first kappa shape index (κ1) is 22.0. The van der Waals surface area contributed by atoms with Crippen molar-refractivity contribution in [2.75, 3.05) is 31.9 Å². The molecule has 0 saturated carbocycles. The standard InChI is InChI=1S/C28H28N8O/c29-27-26-23(19-6-7-20-16-35(33-24(20)10-19)14-18-4-2-1-3-5-18)11-25(36(26)32-17-31-27)21-8-9-34(15-21)28(37)22-12-30-13-22/h1-7,10-11,16-17,21-22,30H,8-9,12-15H2,(H2,29,31,32). The summed E-state index contributed by atoms with van der Waals surface area (Å²) in [5.41, 5.74) is 12.4. The number of benzene rings is 2. The van der Waals surface area contributed by atoms with Gasteiger partial charge in [0.15, 0.2) is 5.82 Å². The van der Waals surface area contributed by atoms with Crippen molar-refractivity contribution in [2.45, 2.75) is 18.9 Å². The van der Waals surface area contributed by atoms with E-state index >= 15 is 0 Å². The van der Waals surface area contributed by atoms with Crippen molar-refractivity contribution in [3.63, 3.8) is 0 Å². The van der Waals surface area contributed by atoms with Crippen LogP contribution in [0.1, 0.15) is 23.6 Å². The lowest BCUT2D eigenvalue weighted by atomic mass is 10.0. The number of nitrogen functional groups attached to an aromatic ring is 1. The Balaban J connectivity index is 1.23. The summed E-state index contributed by atoms with van der Waals surface area (Å²) in [6.45, 7) is 3.76. The number of hydrogen-bond acceptors (Lipinski definition) is 6. The number of aromatic nitrogens is 5. The second-order valence-electron chi connectivity index (χ2n) is 10.1. The lowest BCUT2D eigenvalue weighted by Gasteiger charge is -2.30. The summed E-state index contributed by atoms with van der Waals surface area (Å²) >= 11 is 0. The molecule has 2 fully saturated rings. The van der Waals surface area contributed by atoms with Crippen molar-refractivity contribution in [3.8, 4) is 11.1 Å². The highest BCUT2D eigenvalue weighted by molar-refractivity contribution is 5.92. The molecule has 2 aliphatic heterocycles. The molecule has 1 amide bonds. The van der Waals surface area contributed by atoms with E-state index in [9.17, 15) is 4.79 Å². The Bertz CT molecular complexity index is 1620. The molecule has 5 heterocycles. The van der Waals surface area contributed by atoms with E-state index in [0.29, 0.717) is 12.4 Å². The van der Waals surface area contributed by atoms with Crippen LogP contribution in [0.15, 0.2) is 67.1 Å². The van der Waals surface area contributed by atoms with Crippen LogP contribution in [0.2, 0.25) is 0 Å². The number of carbonyl (C=O) groups is 1. The largest absolute Gasteiger partial charge is 0.382 e. The minimum atomic E-state index is 0.116. The van der Waals surface area contributed by atoms with Crippen LogP contribution in [-0.2, 0) is 11.3 Å². The number of rotatable bonds is 5. The van der Waals surface area contributed by atoms with Crippen molar-refractivity contribution in [2.24, 2.45) is 5.92 Å². The molecule has 2 aliphatic rings. The minimum Gasteiger partial charge on any atom is -0.382 e. The maximum atomic E-state index is 12.8. The van der Waals surface area contributed by atoms with Gasteiger partial charge < -0.3 is 16.0 Å². The van der Waals surface area contributed by atoms with Gasteiger partial charge in [0.2, 0.25) is 5.91 Å². The zero-order chi connectivity index (χ0) is 24.9. The van der Waals surface area contributed by atoms with Crippen LogP contribution in [0.3, 0.4) is 0 Å². The van der Waals surface area contributed by atoms with Crippen LogP contribution < -0.4 is 11.1 Å². The van der Waals surface area contributed by atoms with Gasteiger partial charge in [-0.05, 0) is 29.7 Å². The van der Waals surface area contributed by atoms with E-state index in [4.69, 9.17) is 10.8 Å². The number of likely N-dealkylation sites (tertiary alicyclic amines) is 1. The topological polar surface area (TPSA) is 106 Å². The van der Waals surface area contributed by atoms with Crippen molar-refractivity contribution in [1.82, 2.24) is 34.6 Å². The molecule has 0 bridgehead atoms. The molecule has 1 atom stereocenters. The fourth-order valence-electron chi connectivity index (χ4n) is 5.61. The summed E-state index contributed by atoms with van der Waals surface area (Å²) in [6, 6.07) is 18.8. The summed E-state index contributed by atoms with van der Waals surface area (Å²) in [4.78, 5) is 19.1. The molecule has 2 aromatic carbocycles. The van der Waals surface area contributed by atoms with E-state index in [2.05, 4.69) is 58.0 Å². The second-order valence-corrected chi connectivity index (χ2v) is 10.1. The number of fused-ring (bicyclic) bond motifs is 2. The Kier molecular flexibility index (Phi) is 5.17. The van der Waals surface area contributed by atoms with Crippen molar-refractivity contribution < 1.29 is 4.79 Å². The van der Waals surface area contributed by atoms with Gasteiger partial charge in [-0.3, -0.25) is 9.48 Å². The molecule has 3 aromatic heterocycles. The van der Waals surface area contributed by atoms with E-state index < -0.39 is 0 Å². The highest BCUT2D eigenvalue weighted by Gasteiger charge is 2.35. The Morgan fingerprint density at radius 2 is 1.97 bits per heavy atom. The molecule has 5 aromatic rings. The Morgan fingerprint density at radius 3 is 2.78 bits per heavy atom. The lowest BCUT2D eigenvalue weighted by Crippen LogP contribution is -2.51. The van der Waals surface area contributed by atoms with Gasteiger partial charge in [0.05, 0.1) is 18.0 Å². The smallest absolute Gasteiger partial charge is 0.228 e. The van der Waals surface area contributed by atoms with Crippen molar-refractivity contribution >= 4 is 28.1 Å². The van der Waals surface area contributed by atoms with Crippen LogP contribution in [0.4, 0.5) is 5.82 Å². The average molecular weight is 493 g/mol. The molecular weight excluding hydrogens is 464 g/mol. The van der Waals surface area contributed by atoms with Crippen LogP contribution in [-0.4, -0.2) is 61.4 Å². The van der Waals surface area contributed by atoms with Gasteiger partial charge in [-0.2, -0.15) is 10.2 Å². The van der Waals surface area contributed by atoms with E-state index in [1.54, 1.807) is 0 Å². The third kappa shape index (κ3) is 3.82. The van der Waals surface area contributed by atoms with Gasteiger partial charge in [-0.25, -0.2) is 9.50 Å². The fourth-order valence-corrected chi connectivity index (χ4v) is 5.61. The van der Waals surface area contributed by atoms with Gasteiger partial charge in [-0.1, -0.05) is 42.5 Å². The molecule has 186 valence electrons. The van der Waals surface area contributed by atoms with Crippen LogP contribution in [0, 0.1) is 5.92 Å². The quantitative estimate of drug-likeness (QED) is 0.391. The molecule has 7 rings (SSSR count). The second kappa shape index (κ2) is 8.70. The third-order valence-corrected chi connectivity index (χ3v) is 7.71. The number of anilines is 1. The highest BCUT2D eigenvalue weighted by atomic mass is 16.2. The molecule has 37 heavy (non-hydrogen) atoms. The summed E-state index contributed by atoms with van der Waals surface area (Å²) in [5, 5.41) is 13.7. The van der Waals surface area contributed by atoms with E-state index in [0.717, 1.165) is 65.8 Å². The predicted molar refractivity (Wildman–Crippen MR) is 142 cm³/mol. The van der Waals surface area contributed by atoms with Crippen LogP contribution >= 0.6 is 0 Å². The van der Waals surface area contributed by atoms with E-state index in [1.807, 2.05) is 32.3 Å². The normalized spacial score (nSPS) is 18.1. The van der Waals surface area contributed by atoms with E-state index in [-0.39, 0.29) is 17.7 Å². The molecule has 1 unspecified atom stereocenters. The number of hydrogen-bond donors (Lipinski definition) is 2. The van der Waals surface area contributed by atoms with Crippen molar-refractivity contribution in [1.29, 1.82) is 0 Å². The van der Waals surface area contributed by atoms with E-state index in [1.165, 1.54) is 11.9 Å². The molecular formula is C28H28N8O. The minimum absolute atomic E-state index is 0.116. The third-order valence-electron chi connectivity index (χ3n) is 7.71. The first-order valence-corrected chi connectivity index (χ1v) is 12.8. The van der Waals surface area contributed by atoms with Gasteiger partial charge in [0, 0.05) is 54.9 Å². The molecule has 9 heteroatoms. The van der Waals surface area contributed by atoms with Gasteiger partial charge in [-0.15, -0.1) is 0 Å². The molecule has 9 nitrogen and oxygen atoms in total. The summed E-state index contributed by atoms with van der Waals surface area (Å²) in [5.74, 6) is 1.01. The lowest BCUT2D eigenvalue weighted by molar-refractivity contribution is -0.136. The molecule has 0 radical (unpaired) electrons. The Morgan fingerprint density at radius 1 is 1.11 bits per heavy atom. The van der Waals surface area contributed by atoms with Gasteiger partial charge in [0.1, 0.15) is 11.8 Å². The number of carbonyl (C=O) groups excluding carboxylic acids is 1. The summed E-state index contributed by atoms with van der Waals surface area (Å²) < 4.78 is 3.89. The molecule has 2 saturated heterocycles. The number of nitrogens with zero attached hydrogens (tertiary/aromatic N) is 6. The van der Waals surface area contributed by atoms with Gasteiger partial charge >= 0.3 is 0 Å². The highest BCUT2D eigenvalue weighted by Crippen LogP contribution is 2.37. The number of amides is 1. The Hall–Kier alpha value is -4.24. The maximum absolute atomic E-state index is 12.8. The van der Waals surface area contributed by atoms with Crippen LogP contribution in [0.5, 0.6) is 0 Å². The number of nitrogens with two attached hydrogens (primary N) is 1. The van der Waals surface area contributed by atoms with Gasteiger partial charge in [0.25, 0.3) is 0 Å².